The minimum Gasteiger partial charge on any atom is -0.363 e. The summed E-state index contributed by atoms with van der Waals surface area (Å²) in [6, 6.07) is 11.9. The summed E-state index contributed by atoms with van der Waals surface area (Å²) in [5, 5.41) is 3.33. The minimum absolute atomic E-state index is 0.567. The van der Waals surface area contributed by atoms with Gasteiger partial charge in [-0.1, -0.05) is 12.1 Å². The van der Waals surface area contributed by atoms with E-state index < -0.39 is 0 Å². The molecule has 2 N–H and O–H groups in total. The number of hydrogen-bond donors (Lipinski definition) is 2. The maximum Gasteiger partial charge on any atom is 0.163 e. The fourth-order valence-corrected chi connectivity index (χ4v) is 2.77. The fraction of sp³-hybridized carbons (Fsp3) is 0.158. The molecule has 4 aromatic rings. The number of anilines is 1. The zero-order valence-electron chi connectivity index (χ0n) is 14.1. The molecule has 0 atom stereocenters. The van der Waals surface area contributed by atoms with Crippen LogP contribution in [0.15, 0.2) is 48.8 Å². The molecule has 1 aromatic carbocycles. The predicted octanol–water partition coefficient (Wildman–Crippen LogP) is 3.64. The summed E-state index contributed by atoms with van der Waals surface area (Å²) in [5.74, 6) is 2.31. The summed E-state index contributed by atoms with van der Waals surface area (Å²) in [4.78, 5) is 21.2. The van der Waals surface area contributed by atoms with Gasteiger partial charge in [0, 0.05) is 29.7 Å². The van der Waals surface area contributed by atoms with Crippen molar-refractivity contribution in [1.82, 2.24) is 24.9 Å². The molecule has 4 rings (SSSR count). The quantitative estimate of drug-likeness (QED) is 0.597. The molecule has 0 aliphatic carbocycles. The molecule has 0 bridgehead atoms. The first-order valence-corrected chi connectivity index (χ1v) is 8.13. The van der Waals surface area contributed by atoms with Crippen molar-refractivity contribution in [3.8, 4) is 11.4 Å². The number of nitrogens with zero attached hydrogens (tertiary/aromatic N) is 4. The highest BCUT2D eigenvalue weighted by atomic mass is 15.1. The Balaban J connectivity index is 1.58. The van der Waals surface area contributed by atoms with E-state index in [2.05, 4.69) is 43.2 Å². The Morgan fingerprint density at radius 2 is 1.96 bits per heavy atom. The molecule has 3 heterocycles. The van der Waals surface area contributed by atoms with Crippen LogP contribution in [0.4, 0.5) is 5.82 Å². The normalized spacial score (nSPS) is 11.0. The van der Waals surface area contributed by atoms with E-state index in [4.69, 9.17) is 0 Å². The lowest BCUT2D eigenvalue weighted by Gasteiger charge is -2.07. The Morgan fingerprint density at radius 3 is 2.76 bits per heavy atom. The van der Waals surface area contributed by atoms with E-state index in [1.807, 2.05) is 37.3 Å². The lowest BCUT2D eigenvalue weighted by atomic mass is 10.2. The van der Waals surface area contributed by atoms with Crippen LogP contribution in [0.1, 0.15) is 17.1 Å². The Kier molecular flexibility index (Phi) is 3.85. The smallest absolute Gasteiger partial charge is 0.163 e. The third-order valence-electron chi connectivity index (χ3n) is 3.97. The van der Waals surface area contributed by atoms with E-state index in [1.54, 1.807) is 12.4 Å². The highest BCUT2D eigenvalue weighted by Crippen LogP contribution is 2.18. The van der Waals surface area contributed by atoms with Gasteiger partial charge in [0.05, 0.1) is 17.6 Å². The third kappa shape index (κ3) is 3.19. The molecule has 0 aliphatic heterocycles. The number of para-hydroxylation sites is 1. The van der Waals surface area contributed by atoms with Gasteiger partial charge in [0.15, 0.2) is 5.82 Å². The molecule has 0 aliphatic rings. The molecule has 0 radical (unpaired) electrons. The van der Waals surface area contributed by atoms with Crippen molar-refractivity contribution in [2.75, 3.05) is 5.32 Å². The zero-order chi connectivity index (χ0) is 17.2. The number of aryl methyl sites for hydroxylation is 2. The van der Waals surface area contributed by atoms with Gasteiger partial charge in [0.1, 0.15) is 11.6 Å². The maximum absolute atomic E-state index is 4.66. The lowest BCUT2D eigenvalue weighted by Crippen LogP contribution is -2.05. The number of aromatic nitrogens is 5. The number of rotatable bonds is 4. The van der Waals surface area contributed by atoms with Gasteiger partial charge in [0.25, 0.3) is 0 Å². The molecule has 0 unspecified atom stereocenters. The largest absolute Gasteiger partial charge is 0.363 e. The van der Waals surface area contributed by atoms with Crippen LogP contribution in [0.25, 0.3) is 22.4 Å². The van der Waals surface area contributed by atoms with E-state index in [0.717, 1.165) is 39.5 Å². The van der Waals surface area contributed by atoms with Crippen molar-refractivity contribution in [3.63, 3.8) is 0 Å². The first kappa shape index (κ1) is 15.3. The highest BCUT2D eigenvalue weighted by molar-refractivity contribution is 5.78. The Hall–Kier alpha value is -3.28. The topological polar surface area (TPSA) is 79.4 Å². The molecule has 3 aromatic heterocycles. The van der Waals surface area contributed by atoms with Crippen molar-refractivity contribution < 1.29 is 0 Å². The number of aromatic amines is 1. The third-order valence-corrected chi connectivity index (χ3v) is 3.97. The molecular weight excluding hydrogens is 312 g/mol. The number of hydrogen-bond acceptors (Lipinski definition) is 5. The van der Waals surface area contributed by atoms with Gasteiger partial charge in [-0.05, 0) is 37.6 Å². The van der Waals surface area contributed by atoms with Crippen LogP contribution >= 0.6 is 0 Å². The number of nitrogens with one attached hydrogen (secondary N) is 2. The van der Waals surface area contributed by atoms with Crippen LogP contribution in [-0.4, -0.2) is 24.9 Å². The molecule has 0 saturated carbocycles. The van der Waals surface area contributed by atoms with E-state index >= 15 is 0 Å². The summed E-state index contributed by atoms with van der Waals surface area (Å²) in [7, 11) is 0. The molecule has 0 spiro atoms. The Morgan fingerprint density at radius 1 is 1.04 bits per heavy atom. The summed E-state index contributed by atoms with van der Waals surface area (Å²) >= 11 is 0. The molecule has 0 amide bonds. The van der Waals surface area contributed by atoms with Gasteiger partial charge in [-0.2, -0.15) is 0 Å². The lowest BCUT2D eigenvalue weighted by molar-refractivity contribution is 0.986. The van der Waals surface area contributed by atoms with Crippen LogP contribution < -0.4 is 5.32 Å². The second-order valence-corrected chi connectivity index (χ2v) is 5.97. The van der Waals surface area contributed by atoms with Gasteiger partial charge in [-0.25, -0.2) is 15.0 Å². The van der Waals surface area contributed by atoms with Crippen molar-refractivity contribution in [1.29, 1.82) is 0 Å². The second kappa shape index (κ2) is 6.32. The highest BCUT2D eigenvalue weighted by Gasteiger charge is 2.07. The van der Waals surface area contributed by atoms with Crippen molar-refractivity contribution >= 4 is 16.9 Å². The molecule has 124 valence electrons. The zero-order valence-corrected chi connectivity index (χ0v) is 14.1. The first-order valence-electron chi connectivity index (χ1n) is 8.13. The molecular formula is C19H18N6. The molecule has 6 nitrogen and oxygen atoms in total. The van der Waals surface area contributed by atoms with E-state index in [-0.39, 0.29) is 0 Å². The van der Waals surface area contributed by atoms with Crippen LogP contribution in [0.5, 0.6) is 0 Å². The number of benzene rings is 1. The van der Waals surface area contributed by atoms with E-state index in [9.17, 15) is 0 Å². The van der Waals surface area contributed by atoms with E-state index in [0.29, 0.717) is 12.4 Å². The Bertz CT molecular complexity index is 1020. The average molecular weight is 330 g/mol. The predicted molar refractivity (Wildman–Crippen MR) is 98.2 cm³/mol. The number of fused-ring (bicyclic) bond motifs is 1. The SMILES string of the molecule is Cc1cc(NCc2nc3c(C)cccc3[nH]2)nc(-c2cccnc2)n1. The van der Waals surface area contributed by atoms with Crippen LogP contribution in [0.3, 0.4) is 0 Å². The van der Waals surface area contributed by atoms with E-state index in [1.165, 1.54) is 0 Å². The van der Waals surface area contributed by atoms with Gasteiger partial charge in [0.2, 0.25) is 0 Å². The first-order chi connectivity index (χ1) is 12.2. The number of H-pyrrole nitrogens is 1. The molecule has 0 fully saturated rings. The number of pyridine rings is 1. The summed E-state index contributed by atoms with van der Waals surface area (Å²) < 4.78 is 0. The van der Waals surface area contributed by atoms with Crippen molar-refractivity contribution in [2.24, 2.45) is 0 Å². The molecule has 6 heteroatoms. The van der Waals surface area contributed by atoms with Crippen LogP contribution in [0.2, 0.25) is 0 Å². The second-order valence-electron chi connectivity index (χ2n) is 5.97. The fourth-order valence-electron chi connectivity index (χ4n) is 2.77. The maximum atomic E-state index is 4.66. The number of imidazole rings is 1. The standard InChI is InChI=1S/C19H18N6/c1-12-5-3-7-15-18(12)24-17(23-15)11-21-16-9-13(2)22-19(25-16)14-6-4-8-20-10-14/h3-10H,11H2,1-2H3,(H,23,24)(H,21,22,25). The van der Waals surface area contributed by atoms with Gasteiger partial charge >= 0.3 is 0 Å². The minimum atomic E-state index is 0.567. The summed E-state index contributed by atoms with van der Waals surface area (Å²) in [6.45, 7) is 4.59. The van der Waals surface area contributed by atoms with Crippen LogP contribution in [0, 0.1) is 13.8 Å². The summed E-state index contributed by atoms with van der Waals surface area (Å²) in [6.07, 6.45) is 3.50. The summed E-state index contributed by atoms with van der Waals surface area (Å²) in [5.41, 5.74) is 5.02. The van der Waals surface area contributed by atoms with Crippen LogP contribution in [-0.2, 0) is 6.54 Å². The van der Waals surface area contributed by atoms with Crippen molar-refractivity contribution in [3.05, 3.63) is 65.9 Å². The van der Waals surface area contributed by atoms with Crippen molar-refractivity contribution in [2.45, 2.75) is 20.4 Å². The average Bonchev–Trinajstić information content (AvgIpc) is 3.05. The van der Waals surface area contributed by atoms with Gasteiger partial charge in [-0.3, -0.25) is 4.98 Å². The Labute approximate surface area is 145 Å². The van der Waals surface area contributed by atoms with Gasteiger partial charge < -0.3 is 10.3 Å². The molecule has 0 saturated heterocycles. The monoisotopic (exact) mass is 330 g/mol. The van der Waals surface area contributed by atoms with Gasteiger partial charge in [-0.15, -0.1) is 0 Å². The molecule has 25 heavy (non-hydrogen) atoms.